The molecule has 3 aromatic carbocycles. The minimum atomic E-state index is -0.988. The Balaban J connectivity index is 1.53. The number of fused-ring (bicyclic) bond motifs is 2. The average Bonchev–Trinajstić information content (AvgIpc) is 2.74. The Bertz CT molecular complexity index is 1250. The van der Waals surface area contributed by atoms with Crippen LogP contribution in [-0.2, 0) is 9.53 Å². The quantitative estimate of drug-likeness (QED) is 0.509. The topological polar surface area (TPSA) is 89.5 Å². The number of anilines is 1. The number of hydrogen-bond acceptors (Lipinski definition) is 5. The number of ether oxygens (including phenoxy) is 1. The van der Waals surface area contributed by atoms with E-state index >= 15 is 0 Å². The fourth-order valence-corrected chi connectivity index (χ4v) is 3.35. The molecular formula is C23H13F2NO5. The number of hydrogen-bond donors (Lipinski definition) is 1. The van der Waals surface area contributed by atoms with Gasteiger partial charge in [0.1, 0.15) is 11.6 Å². The van der Waals surface area contributed by atoms with Crippen LogP contribution >= 0.6 is 0 Å². The van der Waals surface area contributed by atoms with Gasteiger partial charge in [-0.1, -0.05) is 36.4 Å². The first kappa shape index (κ1) is 20.1. The molecule has 0 fully saturated rings. The van der Waals surface area contributed by atoms with Gasteiger partial charge in [0.15, 0.2) is 18.2 Å². The van der Waals surface area contributed by atoms with E-state index in [0.29, 0.717) is 6.07 Å². The normalized spacial score (nSPS) is 12.1. The van der Waals surface area contributed by atoms with Gasteiger partial charge in [-0.15, -0.1) is 0 Å². The lowest BCUT2D eigenvalue weighted by Gasteiger charge is -2.19. The number of ketones is 2. The van der Waals surface area contributed by atoms with Gasteiger partial charge in [-0.25, -0.2) is 13.6 Å². The lowest BCUT2D eigenvalue weighted by molar-refractivity contribution is -0.119. The smallest absolute Gasteiger partial charge is 0.339 e. The van der Waals surface area contributed by atoms with Crippen LogP contribution in [0.1, 0.15) is 42.2 Å². The second kappa shape index (κ2) is 7.91. The summed E-state index contributed by atoms with van der Waals surface area (Å²) in [5, 5.41) is 2.20. The SMILES string of the molecule is O=C(COC(=O)c1cccc2c1C(=O)c1ccccc1C2=O)Nc1cc(F)cc(F)c1. The molecule has 1 aliphatic rings. The van der Waals surface area contributed by atoms with Crippen molar-refractivity contribution in [3.05, 3.63) is 100 Å². The highest BCUT2D eigenvalue weighted by atomic mass is 19.1. The van der Waals surface area contributed by atoms with Crippen LogP contribution in [0.5, 0.6) is 0 Å². The zero-order chi connectivity index (χ0) is 22.1. The average molecular weight is 421 g/mol. The van der Waals surface area contributed by atoms with Gasteiger partial charge in [0.2, 0.25) is 0 Å². The summed E-state index contributed by atoms with van der Waals surface area (Å²) in [7, 11) is 0. The third-order valence-electron chi connectivity index (χ3n) is 4.65. The third kappa shape index (κ3) is 3.83. The van der Waals surface area contributed by atoms with E-state index in [-0.39, 0.29) is 33.5 Å². The maximum absolute atomic E-state index is 13.2. The standard InChI is InChI=1S/C23H13F2NO5/c24-12-8-13(25)10-14(9-12)26-19(27)11-31-23(30)18-7-3-6-17-20(18)22(29)16-5-2-1-4-15(16)21(17)28/h1-10H,11H2,(H,26,27). The maximum atomic E-state index is 13.2. The van der Waals surface area contributed by atoms with Crippen molar-refractivity contribution in [1.82, 2.24) is 0 Å². The van der Waals surface area contributed by atoms with Crippen LogP contribution in [0.2, 0.25) is 0 Å². The number of carbonyl (C=O) groups excluding carboxylic acids is 4. The van der Waals surface area contributed by atoms with Crippen molar-refractivity contribution >= 4 is 29.1 Å². The van der Waals surface area contributed by atoms with E-state index in [9.17, 15) is 28.0 Å². The Hall–Kier alpha value is -4.20. The van der Waals surface area contributed by atoms with Crippen LogP contribution in [0.4, 0.5) is 14.5 Å². The number of carbonyl (C=O) groups is 4. The van der Waals surface area contributed by atoms with E-state index in [0.717, 1.165) is 12.1 Å². The summed E-state index contributed by atoms with van der Waals surface area (Å²) in [6, 6.07) is 12.9. The molecule has 0 bridgehead atoms. The molecule has 3 aromatic rings. The highest BCUT2D eigenvalue weighted by Gasteiger charge is 2.33. The first-order valence-electron chi connectivity index (χ1n) is 9.09. The highest BCUT2D eigenvalue weighted by molar-refractivity contribution is 6.30. The van der Waals surface area contributed by atoms with Crippen molar-refractivity contribution in [2.75, 3.05) is 11.9 Å². The van der Waals surface area contributed by atoms with Gasteiger partial charge in [-0.2, -0.15) is 0 Å². The molecule has 0 saturated carbocycles. The number of rotatable bonds is 4. The minimum Gasteiger partial charge on any atom is -0.452 e. The van der Waals surface area contributed by atoms with Crippen LogP contribution < -0.4 is 5.32 Å². The molecule has 0 aliphatic heterocycles. The summed E-state index contributed by atoms with van der Waals surface area (Å²) in [4.78, 5) is 50.2. The number of benzene rings is 3. The van der Waals surface area contributed by atoms with E-state index in [4.69, 9.17) is 4.74 Å². The molecule has 0 aromatic heterocycles. The molecule has 8 heteroatoms. The van der Waals surface area contributed by atoms with Crippen molar-refractivity contribution in [2.24, 2.45) is 0 Å². The van der Waals surface area contributed by atoms with Crippen LogP contribution in [-0.4, -0.2) is 30.0 Å². The zero-order valence-electron chi connectivity index (χ0n) is 15.8. The van der Waals surface area contributed by atoms with Gasteiger partial charge in [0, 0.05) is 34.0 Å². The molecular weight excluding hydrogens is 408 g/mol. The Morgan fingerprint density at radius 3 is 2.10 bits per heavy atom. The van der Waals surface area contributed by atoms with E-state index < -0.39 is 41.7 Å². The van der Waals surface area contributed by atoms with Crippen LogP contribution in [0.25, 0.3) is 0 Å². The highest BCUT2D eigenvalue weighted by Crippen LogP contribution is 2.29. The molecule has 1 aliphatic carbocycles. The lowest BCUT2D eigenvalue weighted by atomic mass is 9.82. The Kier molecular flexibility index (Phi) is 5.12. The first-order chi connectivity index (χ1) is 14.8. The van der Waals surface area contributed by atoms with E-state index in [1.54, 1.807) is 12.1 Å². The molecule has 0 heterocycles. The number of halogens is 2. The summed E-state index contributed by atoms with van der Waals surface area (Å²) >= 11 is 0. The van der Waals surface area contributed by atoms with Crippen molar-refractivity contribution in [3.8, 4) is 0 Å². The largest absolute Gasteiger partial charge is 0.452 e. The van der Waals surface area contributed by atoms with Crippen LogP contribution in [0, 0.1) is 11.6 Å². The summed E-state index contributed by atoms with van der Waals surface area (Å²) in [6.45, 7) is -0.765. The summed E-state index contributed by atoms with van der Waals surface area (Å²) in [5.74, 6) is -4.49. The summed E-state index contributed by atoms with van der Waals surface area (Å²) in [5.41, 5.74) is 0.0861. The van der Waals surface area contributed by atoms with Gasteiger partial charge in [-0.05, 0) is 18.2 Å². The molecule has 0 atom stereocenters. The van der Waals surface area contributed by atoms with Crippen molar-refractivity contribution in [2.45, 2.75) is 0 Å². The molecule has 1 N–H and O–H groups in total. The molecule has 6 nitrogen and oxygen atoms in total. The molecule has 0 radical (unpaired) electrons. The molecule has 4 rings (SSSR count). The molecule has 0 saturated heterocycles. The number of esters is 1. The zero-order valence-corrected chi connectivity index (χ0v) is 15.8. The first-order valence-corrected chi connectivity index (χ1v) is 9.09. The van der Waals surface area contributed by atoms with Gasteiger partial charge in [-0.3, -0.25) is 14.4 Å². The molecule has 154 valence electrons. The van der Waals surface area contributed by atoms with E-state index in [1.807, 2.05) is 0 Å². The second-order valence-corrected chi connectivity index (χ2v) is 6.71. The third-order valence-corrected chi connectivity index (χ3v) is 4.65. The summed E-state index contributed by atoms with van der Waals surface area (Å²) in [6.07, 6.45) is 0. The minimum absolute atomic E-state index is 0.0674. The number of nitrogens with one attached hydrogen (secondary N) is 1. The van der Waals surface area contributed by atoms with Crippen molar-refractivity contribution in [1.29, 1.82) is 0 Å². The van der Waals surface area contributed by atoms with Gasteiger partial charge < -0.3 is 10.1 Å². The van der Waals surface area contributed by atoms with Gasteiger partial charge in [0.05, 0.1) is 5.56 Å². The van der Waals surface area contributed by atoms with E-state index in [1.165, 1.54) is 30.3 Å². The van der Waals surface area contributed by atoms with Gasteiger partial charge in [0.25, 0.3) is 5.91 Å². The predicted octanol–water partition coefficient (Wildman–Crippen LogP) is 3.54. The van der Waals surface area contributed by atoms with Crippen LogP contribution in [0.15, 0.2) is 60.7 Å². The molecule has 0 unspecified atom stereocenters. The fourth-order valence-electron chi connectivity index (χ4n) is 3.35. The maximum Gasteiger partial charge on any atom is 0.339 e. The Morgan fingerprint density at radius 2 is 1.42 bits per heavy atom. The lowest BCUT2D eigenvalue weighted by Crippen LogP contribution is -2.26. The fraction of sp³-hybridized carbons (Fsp3) is 0.0435. The van der Waals surface area contributed by atoms with Crippen molar-refractivity contribution < 1.29 is 32.7 Å². The monoisotopic (exact) mass is 421 g/mol. The Labute approximate surface area is 174 Å². The molecule has 1 amide bonds. The molecule has 0 spiro atoms. The predicted molar refractivity (Wildman–Crippen MR) is 105 cm³/mol. The molecule has 31 heavy (non-hydrogen) atoms. The van der Waals surface area contributed by atoms with Gasteiger partial charge >= 0.3 is 5.97 Å². The van der Waals surface area contributed by atoms with E-state index in [2.05, 4.69) is 5.32 Å². The Morgan fingerprint density at radius 1 is 0.806 bits per heavy atom. The second-order valence-electron chi connectivity index (χ2n) is 6.71. The summed E-state index contributed by atoms with van der Waals surface area (Å²) < 4.78 is 31.4. The van der Waals surface area contributed by atoms with Crippen molar-refractivity contribution in [3.63, 3.8) is 0 Å². The number of amides is 1. The van der Waals surface area contributed by atoms with Crippen LogP contribution in [0.3, 0.4) is 0 Å².